The predicted molar refractivity (Wildman–Crippen MR) is 82.6 cm³/mol. The van der Waals surface area contributed by atoms with Crippen molar-refractivity contribution in [3.05, 3.63) is 5.82 Å². The van der Waals surface area contributed by atoms with Gasteiger partial charge in [0.15, 0.2) is 5.16 Å². The van der Waals surface area contributed by atoms with Gasteiger partial charge in [-0.2, -0.15) is 0 Å². The lowest BCUT2D eigenvalue weighted by atomic mass is 10.2. The molecule has 0 bridgehead atoms. The van der Waals surface area contributed by atoms with Gasteiger partial charge in [0.2, 0.25) is 0 Å². The lowest BCUT2D eigenvalue weighted by molar-refractivity contribution is -0.133. The largest absolute Gasteiger partial charge is 0.481 e. The summed E-state index contributed by atoms with van der Waals surface area (Å²) in [4.78, 5) is 13.1. The first-order valence-electron chi connectivity index (χ1n) is 7.58. The maximum Gasteiger partial charge on any atom is 0.313 e. The zero-order chi connectivity index (χ0) is 15.2. The van der Waals surface area contributed by atoms with Crippen LogP contribution >= 0.6 is 11.8 Å². The van der Waals surface area contributed by atoms with Crippen LogP contribution in [0.1, 0.15) is 38.4 Å². The Bertz CT molecular complexity index is 472. The minimum Gasteiger partial charge on any atom is -0.481 e. The standard InChI is InChI=1S/C14H24N4O2S/c1-3-12-15-16-14(21-10-13(19)20)18(12)9-8-17(2)11-6-4-5-7-11/h11H,3-10H2,1-2H3,(H,19,20). The quantitative estimate of drug-likeness (QED) is 0.739. The zero-order valence-corrected chi connectivity index (χ0v) is 13.6. The minimum atomic E-state index is -0.823. The summed E-state index contributed by atoms with van der Waals surface area (Å²) >= 11 is 1.25. The molecule has 1 aliphatic carbocycles. The molecule has 21 heavy (non-hydrogen) atoms. The van der Waals surface area contributed by atoms with Crippen molar-refractivity contribution in [2.75, 3.05) is 19.3 Å². The molecule has 0 radical (unpaired) electrons. The highest BCUT2D eigenvalue weighted by Crippen LogP contribution is 2.23. The number of hydrogen-bond donors (Lipinski definition) is 1. The number of aryl methyl sites for hydroxylation is 1. The molecule has 1 aromatic rings. The summed E-state index contributed by atoms with van der Waals surface area (Å²) in [6.07, 6.45) is 6.07. The zero-order valence-electron chi connectivity index (χ0n) is 12.8. The van der Waals surface area contributed by atoms with E-state index in [0.29, 0.717) is 11.2 Å². The minimum absolute atomic E-state index is 0.0281. The van der Waals surface area contributed by atoms with E-state index in [1.54, 1.807) is 0 Å². The molecule has 0 saturated heterocycles. The van der Waals surface area contributed by atoms with Crippen molar-refractivity contribution in [2.45, 2.75) is 56.8 Å². The number of carbonyl (C=O) groups is 1. The van der Waals surface area contributed by atoms with Crippen LogP contribution in [0.2, 0.25) is 0 Å². The van der Waals surface area contributed by atoms with Gasteiger partial charge in [-0.05, 0) is 19.9 Å². The molecule has 2 rings (SSSR count). The van der Waals surface area contributed by atoms with Crippen LogP contribution < -0.4 is 0 Å². The van der Waals surface area contributed by atoms with E-state index in [1.807, 2.05) is 6.92 Å². The topological polar surface area (TPSA) is 71.2 Å². The molecule has 118 valence electrons. The normalized spacial score (nSPS) is 16.0. The van der Waals surface area contributed by atoms with Crippen LogP contribution in [0.25, 0.3) is 0 Å². The number of hydrogen-bond acceptors (Lipinski definition) is 5. The van der Waals surface area contributed by atoms with Gasteiger partial charge in [-0.25, -0.2) is 0 Å². The fourth-order valence-electron chi connectivity index (χ4n) is 2.82. The highest BCUT2D eigenvalue weighted by molar-refractivity contribution is 7.99. The van der Waals surface area contributed by atoms with E-state index < -0.39 is 5.97 Å². The number of nitrogens with zero attached hydrogens (tertiary/aromatic N) is 4. The van der Waals surface area contributed by atoms with E-state index in [2.05, 4.69) is 26.7 Å². The number of aromatic nitrogens is 3. The molecule has 0 atom stereocenters. The van der Waals surface area contributed by atoms with Crippen molar-refractivity contribution in [2.24, 2.45) is 0 Å². The third kappa shape index (κ3) is 4.44. The molecular weight excluding hydrogens is 288 g/mol. The van der Waals surface area contributed by atoms with Gasteiger partial charge in [0.25, 0.3) is 0 Å². The third-order valence-electron chi connectivity index (χ3n) is 4.06. The fraction of sp³-hybridized carbons (Fsp3) is 0.786. The number of carboxylic acid groups (broad SMARTS) is 1. The number of likely N-dealkylation sites (N-methyl/N-ethyl adjacent to an activating group) is 1. The Labute approximate surface area is 129 Å². The predicted octanol–water partition coefficient (Wildman–Crippen LogP) is 1.89. The summed E-state index contributed by atoms with van der Waals surface area (Å²) in [5, 5.41) is 17.8. The van der Waals surface area contributed by atoms with Crippen LogP contribution in [-0.4, -0.2) is 56.1 Å². The van der Waals surface area contributed by atoms with Crippen LogP contribution in [0.5, 0.6) is 0 Å². The third-order valence-corrected chi connectivity index (χ3v) is 5.01. The average molecular weight is 312 g/mol. The van der Waals surface area contributed by atoms with Gasteiger partial charge in [0.05, 0.1) is 5.75 Å². The van der Waals surface area contributed by atoms with Gasteiger partial charge in [0.1, 0.15) is 5.82 Å². The number of carboxylic acids is 1. The molecule has 0 aliphatic heterocycles. The molecule has 1 saturated carbocycles. The van der Waals surface area contributed by atoms with Crippen molar-refractivity contribution >= 4 is 17.7 Å². The highest BCUT2D eigenvalue weighted by atomic mass is 32.2. The van der Waals surface area contributed by atoms with Gasteiger partial charge in [0, 0.05) is 25.6 Å². The maximum atomic E-state index is 10.7. The first-order chi connectivity index (χ1) is 10.1. The molecule has 1 heterocycles. The Morgan fingerprint density at radius 1 is 1.43 bits per heavy atom. The molecule has 1 aliphatic rings. The number of thioether (sulfide) groups is 1. The Kier molecular flexibility index (Phi) is 6.05. The first kappa shape index (κ1) is 16.3. The molecule has 0 aromatic carbocycles. The lowest BCUT2D eigenvalue weighted by Crippen LogP contribution is -2.32. The molecule has 1 aromatic heterocycles. The van der Waals surface area contributed by atoms with Crippen LogP contribution in [0.4, 0.5) is 0 Å². The van der Waals surface area contributed by atoms with Crippen molar-refractivity contribution in [1.82, 2.24) is 19.7 Å². The summed E-state index contributed by atoms with van der Waals surface area (Å²) in [6.45, 7) is 3.83. The second kappa shape index (κ2) is 7.79. The Balaban J connectivity index is 1.96. The monoisotopic (exact) mass is 312 g/mol. The summed E-state index contributed by atoms with van der Waals surface area (Å²) in [5.74, 6) is 0.138. The summed E-state index contributed by atoms with van der Waals surface area (Å²) in [6, 6.07) is 0.696. The Hall–Kier alpha value is -1.08. The lowest BCUT2D eigenvalue weighted by Gasteiger charge is -2.24. The molecule has 0 amide bonds. The van der Waals surface area contributed by atoms with Crippen molar-refractivity contribution < 1.29 is 9.90 Å². The fourth-order valence-corrected chi connectivity index (χ4v) is 3.53. The van der Waals surface area contributed by atoms with E-state index in [4.69, 9.17) is 5.11 Å². The number of rotatable bonds is 8. The van der Waals surface area contributed by atoms with Gasteiger partial charge in [-0.15, -0.1) is 10.2 Å². The van der Waals surface area contributed by atoms with E-state index in [9.17, 15) is 4.79 Å². The van der Waals surface area contributed by atoms with Crippen LogP contribution in [0.15, 0.2) is 5.16 Å². The van der Waals surface area contributed by atoms with Gasteiger partial charge in [-0.3, -0.25) is 4.79 Å². The van der Waals surface area contributed by atoms with Gasteiger partial charge in [-0.1, -0.05) is 31.5 Å². The van der Waals surface area contributed by atoms with E-state index in [1.165, 1.54) is 37.4 Å². The molecule has 0 unspecified atom stereocenters. The molecule has 1 N–H and O–H groups in total. The van der Waals surface area contributed by atoms with E-state index >= 15 is 0 Å². The first-order valence-corrected chi connectivity index (χ1v) is 8.57. The van der Waals surface area contributed by atoms with E-state index in [0.717, 1.165) is 25.3 Å². The summed E-state index contributed by atoms with van der Waals surface area (Å²) < 4.78 is 2.07. The Morgan fingerprint density at radius 3 is 2.76 bits per heavy atom. The highest BCUT2D eigenvalue weighted by Gasteiger charge is 2.20. The molecular formula is C14H24N4O2S. The molecule has 7 heteroatoms. The van der Waals surface area contributed by atoms with Gasteiger partial charge < -0.3 is 14.6 Å². The smallest absolute Gasteiger partial charge is 0.313 e. The SMILES string of the molecule is CCc1nnc(SCC(=O)O)n1CCN(C)C1CCCC1. The summed E-state index contributed by atoms with van der Waals surface area (Å²) in [5.41, 5.74) is 0. The van der Waals surface area contributed by atoms with Crippen molar-refractivity contribution in [3.63, 3.8) is 0 Å². The summed E-state index contributed by atoms with van der Waals surface area (Å²) in [7, 11) is 2.18. The average Bonchev–Trinajstić information content (AvgIpc) is 3.11. The molecule has 6 nitrogen and oxygen atoms in total. The molecule has 0 spiro atoms. The second-order valence-corrected chi connectivity index (χ2v) is 6.45. The van der Waals surface area contributed by atoms with Gasteiger partial charge >= 0.3 is 5.97 Å². The molecule has 1 fully saturated rings. The number of aliphatic carboxylic acids is 1. The van der Waals surface area contributed by atoms with E-state index in [-0.39, 0.29) is 5.75 Å². The van der Waals surface area contributed by atoms with Crippen molar-refractivity contribution in [1.29, 1.82) is 0 Å². The maximum absolute atomic E-state index is 10.7. The second-order valence-electron chi connectivity index (χ2n) is 5.51. The van der Waals surface area contributed by atoms with Crippen molar-refractivity contribution in [3.8, 4) is 0 Å². The van der Waals surface area contributed by atoms with Crippen LogP contribution in [-0.2, 0) is 17.8 Å². The van der Waals surface area contributed by atoms with Crippen LogP contribution in [0, 0.1) is 0 Å². The Morgan fingerprint density at radius 2 is 2.14 bits per heavy atom. The van der Waals surface area contributed by atoms with Crippen LogP contribution in [0.3, 0.4) is 0 Å².